The third-order valence-electron chi connectivity index (χ3n) is 4.65. The molecule has 2 amide bonds. The molecule has 3 rings (SSSR count). The minimum atomic E-state index is -1.84. The Balaban J connectivity index is 1.53. The van der Waals surface area contributed by atoms with Crippen LogP contribution in [0, 0.1) is 18.8 Å². The minimum Gasteiger partial charge on any atom is -0.380 e. The van der Waals surface area contributed by atoms with E-state index < -0.39 is 24.0 Å². The smallest absolute Gasteiger partial charge is 0.254 e. The van der Waals surface area contributed by atoms with Gasteiger partial charge in [0.1, 0.15) is 0 Å². The number of hydrogen-bond acceptors (Lipinski definition) is 6. The molecule has 1 aliphatic carbocycles. The fraction of sp³-hybridized carbons (Fsp3) is 0.444. The SMILES string of the molecule is Cc1cnc(CNC(=O)[C@H](O)[C@@H](O)C(=O)N2CC3C=CC=CC3C2)cn1. The molecule has 4 atom stereocenters. The summed E-state index contributed by atoms with van der Waals surface area (Å²) in [6, 6.07) is 0. The number of aryl methyl sites for hydroxylation is 1. The molecule has 0 spiro atoms. The summed E-state index contributed by atoms with van der Waals surface area (Å²) in [5, 5.41) is 22.6. The summed E-state index contributed by atoms with van der Waals surface area (Å²) < 4.78 is 0. The second-order valence-electron chi connectivity index (χ2n) is 6.60. The summed E-state index contributed by atoms with van der Waals surface area (Å²) in [5.41, 5.74) is 1.26. The molecule has 26 heavy (non-hydrogen) atoms. The first kappa shape index (κ1) is 18.2. The fourth-order valence-electron chi connectivity index (χ4n) is 3.11. The van der Waals surface area contributed by atoms with E-state index in [1.807, 2.05) is 24.3 Å². The second-order valence-corrected chi connectivity index (χ2v) is 6.60. The molecule has 2 heterocycles. The maximum Gasteiger partial charge on any atom is 0.254 e. The Bertz CT molecular complexity index is 711. The molecule has 1 aromatic rings. The van der Waals surface area contributed by atoms with Gasteiger partial charge in [-0.3, -0.25) is 19.6 Å². The van der Waals surface area contributed by atoms with Crippen LogP contribution >= 0.6 is 0 Å². The number of nitrogens with one attached hydrogen (secondary N) is 1. The zero-order valence-corrected chi connectivity index (χ0v) is 14.4. The number of carbonyl (C=O) groups excluding carboxylic acids is 2. The van der Waals surface area contributed by atoms with Crippen LogP contribution < -0.4 is 5.32 Å². The summed E-state index contributed by atoms with van der Waals surface area (Å²) >= 11 is 0. The summed E-state index contributed by atoms with van der Waals surface area (Å²) in [5.74, 6) is -1.05. The topological polar surface area (TPSA) is 116 Å². The van der Waals surface area contributed by atoms with E-state index in [9.17, 15) is 19.8 Å². The highest BCUT2D eigenvalue weighted by molar-refractivity contribution is 5.90. The van der Waals surface area contributed by atoms with Crippen molar-refractivity contribution in [1.82, 2.24) is 20.2 Å². The van der Waals surface area contributed by atoms with Crippen molar-refractivity contribution in [2.45, 2.75) is 25.7 Å². The van der Waals surface area contributed by atoms with Crippen LogP contribution in [0.5, 0.6) is 0 Å². The van der Waals surface area contributed by atoms with Gasteiger partial charge in [-0.25, -0.2) is 0 Å². The predicted octanol–water partition coefficient (Wildman–Crippen LogP) is -0.676. The van der Waals surface area contributed by atoms with Gasteiger partial charge < -0.3 is 20.4 Å². The lowest BCUT2D eigenvalue weighted by Gasteiger charge is -2.23. The van der Waals surface area contributed by atoms with Gasteiger partial charge in [0, 0.05) is 31.1 Å². The largest absolute Gasteiger partial charge is 0.380 e. The number of aromatic nitrogens is 2. The Hall–Kier alpha value is -2.58. The molecule has 1 aromatic heterocycles. The molecule has 0 aromatic carbocycles. The van der Waals surface area contributed by atoms with E-state index in [2.05, 4.69) is 15.3 Å². The van der Waals surface area contributed by atoms with Crippen molar-refractivity contribution in [2.24, 2.45) is 11.8 Å². The lowest BCUT2D eigenvalue weighted by Crippen LogP contribution is -2.50. The molecular formula is C18H22N4O4. The number of aliphatic hydroxyl groups excluding tert-OH is 2. The highest BCUT2D eigenvalue weighted by Gasteiger charge is 2.39. The Morgan fingerprint density at radius 1 is 1.15 bits per heavy atom. The maximum absolute atomic E-state index is 12.4. The maximum atomic E-state index is 12.4. The number of fused-ring (bicyclic) bond motifs is 1. The number of hydrogen-bond donors (Lipinski definition) is 3. The van der Waals surface area contributed by atoms with Crippen LogP contribution in [0.4, 0.5) is 0 Å². The van der Waals surface area contributed by atoms with Crippen LogP contribution in [-0.2, 0) is 16.1 Å². The van der Waals surface area contributed by atoms with E-state index >= 15 is 0 Å². The number of carbonyl (C=O) groups is 2. The van der Waals surface area contributed by atoms with Crippen LogP contribution in [0.15, 0.2) is 36.7 Å². The molecule has 1 aliphatic heterocycles. The third kappa shape index (κ3) is 3.97. The Morgan fingerprint density at radius 3 is 2.38 bits per heavy atom. The lowest BCUT2D eigenvalue weighted by atomic mass is 9.92. The van der Waals surface area contributed by atoms with Crippen molar-refractivity contribution < 1.29 is 19.8 Å². The molecule has 2 unspecified atom stereocenters. The van der Waals surface area contributed by atoms with Crippen LogP contribution in [0.2, 0.25) is 0 Å². The molecular weight excluding hydrogens is 336 g/mol. The normalized spacial score (nSPS) is 23.4. The molecule has 3 N–H and O–H groups in total. The number of allylic oxidation sites excluding steroid dienone is 2. The van der Waals surface area contributed by atoms with Gasteiger partial charge in [-0.15, -0.1) is 0 Å². The van der Waals surface area contributed by atoms with Crippen LogP contribution in [0.1, 0.15) is 11.4 Å². The monoisotopic (exact) mass is 358 g/mol. The first-order valence-electron chi connectivity index (χ1n) is 8.51. The molecule has 1 fully saturated rings. The van der Waals surface area contributed by atoms with Crippen molar-refractivity contribution in [3.63, 3.8) is 0 Å². The van der Waals surface area contributed by atoms with Gasteiger partial charge in [0.05, 0.1) is 24.1 Å². The van der Waals surface area contributed by atoms with E-state index in [1.54, 1.807) is 13.1 Å². The summed E-state index contributed by atoms with van der Waals surface area (Å²) in [4.78, 5) is 34.1. The molecule has 0 radical (unpaired) electrons. The number of nitrogens with zero attached hydrogens (tertiary/aromatic N) is 3. The summed E-state index contributed by atoms with van der Waals surface area (Å²) in [6.07, 6.45) is 7.35. The quantitative estimate of drug-likeness (QED) is 0.643. The first-order chi connectivity index (χ1) is 12.5. The zero-order valence-electron chi connectivity index (χ0n) is 14.4. The summed E-state index contributed by atoms with van der Waals surface area (Å²) in [7, 11) is 0. The molecule has 8 heteroatoms. The van der Waals surface area contributed by atoms with Gasteiger partial charge in [-0.2, -0.15) is 0 Å². The number of amides is 2. The van der Waals surface area contributed by atoms with Gasteiger partial charge >= 0.3 is 0 Å². The fourth-order valence-corrected chi connectivity index (χ4v) is 3.11. The number of aliphatic hydroxyl groups is 2. The van der Waals surface area contributed by atoms with Crippen molar-refractivity contribution in [3.05, 3.63) is 48.1 Å². The third-order valence-corrected chi connectivity index (χ3v) is 4.65. The Morgan fingerprint density at radius 2 is 1.81 bits per heavy atom. The Labute approximate surface area is 151 Å². The molecule has 138 valence electrons. The van der Waals surface area contributed by atoms with Crippen molar-refractivity contribution >= 4 is 11.8 Å². The average Bonchev–Trinajstić information content (AvgIpc) is 3.09. The molecule has 2 aliphatic rings. The van der Waals surface area contributed by atoms with Crippen LogP contribution in [0.3, 0.4) is 0 Å². The predicted molar refractivity (Wildman–Crippen MR) is 92.5 cm³/mol. The Kier molecular flexibility index (Phi) is 5.43. The van der Waals surface area contributed by atoms with E-state index in [4.69, 9.17) is 0 Å². The van der Waals surface area contributed by atoms with E-state index in [0.29, 0.717) is 18.8 Å². The first-order valence-corrected chi connectivity index (χ1v) is 8.51. The number of likely N-dealkylation sites (tertiary alicyclic amines) is 1. The van der Waals surface area contributed by atoms with Crippen LogP contribution in [0.25, 0.3) is 0 Å². The molecule has 8 nitrogen and oxygen atoms in total. The van der Waals surface area contributed by atoms with E-state index in [-0.39, 0.29) is 18.4 Å². The van der Waals surface area contributed by atoms with Gasteiger partial charge in [0.25, 0.3) is 11.8 Å². The van der Waals surface area contributed by atoms with Crippen molar-refractivity contribution in [1.29, 1.82) is 0 Å². The van der Waals surface area contributed by atoms with Gasteiger partial charge in [-0.1, -0.05) is 24.3 Å². The highest BCUT2D eigenvalue weighted by Crippen LogP contribution is 2.28. The number of rotatable bonds is 5. The average molecular weight is 358 g/mol. The summed E-state index contributed by atoms with van der Waals surface area (Å²) in [6.45, 7) is 2.78. The van der Waals surface area contributed by atoms with E-state index in [0.717, 1.165) is 5.69 Å². The second kappa shape index (κ2) is 7.76. The van der Waals surface area contributed by atoms with Gasteiger partial charge in [0.15, 0.2) is 12.2 Å². The standard InChI is InChI=1S/C18H22N4O4/c1-11-6-20-14(7-19-11)8-21-17(25)15(23)16(24)18(26)22-9-12-4-2-3-5-13(12)10-22/h2-7,12-13,15-16,23-24H,8-10H2,1H3,(H,21,25)/t12?,13?,15-,16-/m1/s1. The van der Waals surface area contributed by atoms with Crippen LogP contribution in [-0.4, -0.2) is 62.2 Å². The lowest BCUT2D eigenvalue weighted by molar-refractivity contribution is -0.152. The van der Waals surface area contributed by atoms with Crippen molar-refractivity contribution in [3.8, 4) is 0 Å². The highest BCUT2D eigenvalue weighted by atomic mass is 16.3. The van der Waals surface area contributed by atoms with Crippen molar-refractivity contribution in [2.75, 3.05) is 13.1 Å². The van der Waals surface area contributed by atoms with E-state index in [1.165, 1.54) is 11.1 Å². The molecule has 0 bridgehead atoms. The minimum absolute atomic E-state index is 0.0491. The van der Waals surface area contributed by atoms with Gasteiger partial charge in [-0.05, 0) is 6.92 Å². The van der Waals surface area contributed by atoms with Gasteiger partial charge in [0.2, 0.25) is 0 Å². The molecule has 0 saturated carbocycles. The molecule has 1 saturated heterocycles. The zero-order chi connectivity index (χ0) is 18.7.